The average molecular weight is 357 g/mol. The topological polar surface area (TPSA) is 38.1 Å². The highest BCUT2D eigenvalue weighted by Crippen LogP contribution is 2.20. The molecule has 1 aromatic heterocycles. The summed E-state index contributed by atoms with van der Waals surface area (Å²) in [7, 11) is 0. The molecule has 136 valence electrons. The Balaban J connectivity index is 1.45. The molecule has 4 rings (SSSR count). The van der Waals surface area contributed by atoms with Crippen molar-refractivity contribution >= 4 is 23.7 Å². The van der Waals surface area contributed by atoms with E-state index in [1.807, 2.05) is 72.8 Å². The molecule has 0 unspecified atom stereocenters. The molecule has 0 bridgehead atoms. The van der Waals surface area contributed by atoms with Crippen molar-refractivity contribution in [2.45, 2.75) is 19.3 Å². The van der Waals surface area contributed by atoms with Crippen molar-refractivity contribution in [3.8, 4) is 0 Å². The molecule has 0 N–H and O–H groups in total. The predicted molar refractivity (Wildman–Crippen MR) is 110 cm³/mol. The van der Waals surface area contributed by atoms with Crippen molar-refractivity contribution in [2.24, 2.45) is 0 Å². The molecule has 0 radical (unpaired) electrons. The number of anilines is 1. The summed E-state index contributed by atoms with van der Waals surface area (Å²) in [5.74, 6) is -0.112. The minimum Gasteiger partial charge on any atom is -0.372 e. The SMILES string of the molecule is O=C(c1ccc(N2CCCCC2)cc1)n1ccc(/C=C/c2ccccc2)n1. The quantitative estimate of drug-likeness (QED) is 0.677. The van der Waals surface area contributed by atoms with Gasteiger partial charge in [0.25, 0.3) is 5.91 Å². The molecule has 4 heteroatoms. The third kappa shape index (κ3) is 4.17. The van der Waals surface area contributed by atoms with Crippen LogP contribution < -0.4 is 4.90 Å². The zero-order valence-corrected chi connectivity index (χ0v) is 15.3. The average Bonchev–Trinajstić information content (AvgIpc) is 3.22. The van der Waals surface area contributed by atoms with Crippen LogP contribution in [-0.2, 0) is 0 Å². The van der Waals surface area contributed by atoms with Gasteiger partial charge in [0.05, 0.1) is 5.69 Å². The van der Waals surface area contributed by atoms with Crippen molar-refractivity contribution in [3.63, 3.8) is 0 Å². The maximum absolute atomic E-state index is 12.7. The van der Waals surface area contributed by atoms with Gasteiger partial charge in [-0.3, -0.25) is 4.79 Å². The fraction of sp³-hybridized carbons (Fsp3) is 0.217. The monoisotopic (exact) mass is 357 g/mol. The Morgan fingerprint density at radius 3 is 2.33 bits per heavy atom. The maximum atomic E-state index is 12.7. The molecule has 27 heavy (non-hydrogen) atoms. The summed E-state index contributed by atoms with van der Waals surface area (Å²) in [4.78, 5) is 15.1. The van der Waals surface area contributed by atoms with Gasteiger partial charge in [0, 0.05) is 30.5 Å². The first-order chi connectivity index (χ1) is 13.3. The smallest absolute Gasteiger partial charge is 0.278 e. The highest BCUT2D eigenvalue weighted by Gasteiger charge is 2.13. The van der Waals surface area contributed by atoms with E-state index in [0.29, 0.717) is 5.56 Å². The van der Waals surface area contributed by atoms with E-state index in [4.69, 9.17) is 0 Å². The van der Waals surface area contributed by atoms with Crippen molar-refractivity contribution in [1.82, 2.24) is 9.78 Å². The van der Waals surface area contributed by atoms with Gasteiger partial charge in [-0.15, -0.1) is 0 Å². The number of rotatable bonds is 4. The lowest BCUT2D eigenvalue weighted by Crippen LogP contribution is -2.29. The molecule has 2 heterocycles. The normalized spacial score (nSPS) is 14.6. The Bertz CT molecular complexity index is 920. The van der Waals surface area contributed by atoms with E-state index in [1.165, 1.54) is 29.6 Å². The summed E-state index contributed by atoms with van der Waals surface area (Å²) in [5.41, 5.74) is 3.71. The lowest BCUT2D eigenvalue weighted by Gasteiger charge is -2.28. The van der Waals surface area contributed by atoms with Crippen LogP contribution in [0.4, 0.5) is 5.69 Å². The number of benzene rings is 2. The molecular weight excluding hydrogens is 334 g/mol. The number of nitrogens with zero attached hydrogens (tertiary/aromatic N) is 3. The molecular formula is C23H23N3O. The second-order valence-electron chi connectivity index (χ2n) is 6.83. The molecule has 0 saturated carbocycles. The summed E-state index contributed by atoms with van der Waals surface area (Å²) in [5, 5.41) is 4.38. The van der Waals surface area contributed by atoms with Gasteiger partial charge < -0.3 is 4.90 Å². The van der Waals surface area contributed by atoms with Crippen LogP contribution in [0.3, 0.4) is 0 Å². The molecule has 4 nitrogen and oxygen atoms in total. The van der Waals surface area contributed by atoms with E-state index in [-0.39, 0.29) is 5.91 Å². The van der Waals surface area contributed by atoms with Gasteiger partial charge >= 0.3 is 0 Å². The van der Waals surface area contributed by atoms with Crippen LogP contribution in [-0.4, -0.2) is 28.8 Å². The summed E-state index contributed by atoms with van der Waals surface area (Å²) in [6, 6.07) is 19.8. The molecule has 0 amide bonds. The molecule has 1 fully saturated rings. The number of aromatic nitrogens is 2. The molecule has 0 aliphatic carbocycles. The molecule has 0 spiro atoms. The van der Waals surface area contributed by atoms with Crippen molar-refractivity contribution < 1.29 is 4.79 Å². The van der Waals surface area contributed by atoms with Gasteiger partial charge in [0.1, 0.15) is 0 Å². The Morgan fingerprint density at radius 2 is 1.59 bits per heavy atom. The van der Waals surface area contributed by atoms with Gasteiger partial charge in [-0.25, -0.2) is 4.68 Å². The van der Waals surface area contributed by atoms with E-state index in [9.17, 15) is 4.79 Å². The van der Waals surface area contributed by atoms with Crippen LogP contribution in [0.1, 0.15) is 40.9 Å². The highest BCUT2D eigenvalue weighted by molar-refractivity contribution is 5.95. The number of carbonyl (C=O) groups is 1. The van der Waals surface area contributed by atoms with E-state index in [1.54, 1.807) is 6.20 Å². The van der Waals surface area contributed by atoms with Crippen LogP contribution in [0.2, 0.25) is 0 Å². The van der Waals surface area contributed by atoms with Crippen molar-refractivity contribution in [1.29, 1.82) is 0 Å². The van der Waals surface area contributed by atoms with Gasteiger partial charge in [0.15, 0.2) is 0 Å². The molecule has 1 aliphatic heterocycles. The summed E-state index contributed by atoms with van der Waals surface area (Å²) < 4.78 is 1.40. The Kier molecular flexibility index (Phi) is 5.15. The standard InChI is InChI=1S/C23H23N3O/c27-23(20-10-13-22(14-11-20)25-16-5-2-6-17-25)26-18-15-21(24-26)12-9-19-7-3-1-4-8-19/h1,3-4,7-15,18H,2,5-6,16-17H2/b12-9+. The van der Waals surface area contributed by atoms with Crippen LogP contribution in [0.5, 0.6) is 0 Å². The third-order valence-corrected chi connectivity index (χ3v) is 4.90. The van der Waals surface area contributed by atoms with E-state index < -0.39 is 0 Å². The lowest BCUT2D eigenvalue weighted by atomic mass is 10.1. The van der Waals surface area contributed by atoms with E-state index in [2.05, 4.69) is 10.00 Å². The first-order valence-electron chi connectivity index (χ1n) is 9.48. The summed E-state index contributed by atoms with van der Waals surface area (Å²) in [6.45, 7) is 2.20. The minimum atomic E-state index is -0.112. The predicted octanol–water partition coefficient (Wildman–Crippen LogP) is 4.73. The number of hydrogen-bond donors (Lipinski definition) is 0. The Hall–Kier alpha value is -3.14. The molecule has 2 aromatic carbocycles. The minimum absolute atomic E-state index is 0.112. The molecule has 3 aromatic rings. The largest absolute Gasteiger partial charge is 0.372 e. The zero-order valence-electron chi connectivity index (χ0n) is 15.3. The van der Waals surface area contributed by atoms with E-state index >= 15 is 0 Å². The van der Waals surface area contributed by atoms with Crippen LogP contribution in [0.25, 0.3) is 12.2 Å². The number of carbonyl (C=O) groups excluding carboxylic acids is 1. The van der Waals surface area contributed by atoms with Gasteiger partial charge in [0.2, 0.25) is 0 Å². The lowest BCUT2D eigenvalue weighted by molar-refractivity contribution is 0.0945. The number of hydrogen-bond acceptors (Lipinski definition) is 3. The first kappa shape index (κ1) is 17.3. The van der Waals surface area contributed by atoms with Crippen molar-refractivity contribution in [2.75, 3.05) is 18.0 Å². The van der Waals surface area contributed by atoms with Crippen LogP contribution >= 0.6 is 0 Å². The van der Waals surface area contributed by atoms with Crippen molar-refractivity contribution in [3.05, 3.63) is 83.7 Å². The molecule has 1 aliphatic rings. The Labute approximate surface area is 159 Å². The van der Waals surface area contributed by atoms with Gasteiger partial charge in [-0.1, -0.05) is 36.4 Å². The second-order valence-corrected chi connectivity index (χ2v) is 6.83. The highest BCUT2D eigenvalue weighted by atomic mass is 16.2. The Morgan fingerprint density at radius 1 is 0.852 bits per heavy atom. The first-order valence-corrected chi connectivity index (χ1v) is 9.48. The summed E-state index contributed by atoms with van der Waals surface area (Å²) in [6.07, 6.45) is 9.42. The molecule has 0 atom stereocenters. The number of piperidine rings is 1. The summed E-state index contributed by atoms with van der Waals surface area (Å²) >= 11 is 0. The van der Waals surface area contributed by atoms with E-state index in [0.717, 1.165) is 24.3 Å². The van der Waals surface area contributed by atoms with Crippen LogP contribution in [0.15, 0.2) is 66.9 Å². The molecule has 1 saturated heterocycles. The fourth-order valence-corrected chi connectivity index (χ4v) is 3.38. The van der Waals surface area contributed by atoms with Gasteiger partial charge in [-0.2, -0.15) is 5.10 Å². The third-order valence-electron chi connectivity index (χ3n) is 4.90. The maximum Gasteiger partial charge on any atom is 0.278 e. The fourth-order valence-electron chi connectivity index (χ4n) is 3.38. The zero-order chi connectivity index (χ0) is 18.5. The van der Waals surface area contributed by atoms with Crippen LogP contribution in [0, 0.1) is 0 Å². The second kappa shape index (κ2) is 8.04. The van der Waals surface area contributed by atoms with Gasteiger partial charge in [-0.05, 0) is 61.2 Å².